The zero-order chi connectivity index (χ0) is 19.5. The lowest BCUT2D eigenvalue weighted by Gasteiger charge is -2.35. The Hall–Kier alpha value is -2.88. The van der Waals surface area contributed by atoms with E-state index in [1.54, 1.807) is 0 Å². The standard InChI is InChI=1S/C24H27N3O/c1-3-20-13-7-9-15-26(20)24(28)18(2)17-21-22-14-8-10-16-27(22)25-23(21)19-11-5-4-6-12-19/h4-6,8,10-12,14,16-17,20H,3,7,9,13,15H2,1-2H3/b18-17+. The van der Waals surface area contributed by atoms with Crippen molar-refractivity contribution in [1.82, 2.24) is 14.5 Å². The molecule has 28 heavy (non-hydrogen) atoms. The molecule has 0 spiro atoms. The van der Waals surface area contributed by atoms with Crippen molar-refractivity contribution in [1.29, 1.82) is 0 Å². The minimum atomic E-state index is 0.154. The Kier molecular flexibility index (Phi) is 5.29. The molecule has 4 nitrogen and oxygen atoms in total. The summed E-state index contributed by atoms with van der Waals surface area (Å²) in [5, 5.41) is 4.79. The summed E-state index contributed by atoms with van der Waals surface area (Å²) in [6, 6.07) is 16.6. The molecular weight excluding hydrogens is 346 g/mol. The van der Waals surface area contributed by atoms with Crippen LogP contribution in [0.25, 0.3) is 22.9 Å². The first kappa shape index (κ1) is 18.5. The van der Waals surface area contributed by atoms with Gasteiger partial charge in [-0.25, -0.2) is 4.52 Å². The lowest BCUT2D eigenvalue weighted by Crippen LogP contribution is -2.43. The molecule has 0 N–H and O–H groups in total. The molecule has 1 unspecified atom stereocenters. The van der Waals surface area contributed by atoms with E-state index in [-0.39, 0.29) is 5.91 Å². The number of hydrogen-bond donors (Lipinski definition) is 0. The number of amides is 1. The van der Waals surface area contributed by atoms with E-state index < -0.39 is 0 Å². The fraction of sp³-hybridized carbons (Fsp3) is 0.333. The zero-order valence-corrected chi connectivity index (χ0v) is 16.6. The SMILES string of the molecule is CCC1CCCCN1C(=O)/C(C)=C/c1c(-c2ccccc2)nn2ccccc12. The lowest BCUT2D eigenvalue weighted by atomic mass is 9.98. The lowest BCUT2D eigenvalue weighted by molar-refractivity contribution is -0.130. The van der Waals surface area contributed by atoms with Crippen LogP contribution in [0.2, 0.25) is 0 Å². The molecule has 1 aliphatic heterocycles. The number of pyridine rings is 1. The largest absolute Gasteiger partial charge is 0.336 e. The van der Waals surface area contributed by atoms with E-state index in [1.807, 2.05) is 54.0 Å². The zero-order valence-electron chi connectivity index (χ0n) is 16.6. The van der Waals surface area contributed by atoms with Crippen LogP contribution in [-0.4, -0.2) is 33.0 Å². The number of carbonyl (C=O) groups excluding carboxylic acids is 1. The van der Waals surface area contributed by atoms with Gasteiger partial charge < -0.3 is 4.90 Å². The van der Waals surface area contributed by atoms with Crippen LogP contribution in [-0.2, 0) is 4.79 Å². The fourth-order valence-electron chi connectivity index (χ4n) is 4.17. The van der Waals surface area contributed by atoms with E-state index in [2.05, 4.69) is 30.0 Å². The number of piperidine rings is 1. The van der Waals surface area contributed by atoms with Gasteiger partial charge in [-0.15, -0.1) is 0 Å². The van der Waals surface area contributed by atoms with Crippen molar-refractivity contribution in [2.45, 2.75) is 45.6 Å². The Balaban J connectivity index is 1.76. The molecule has 2 aromatic heterocycles. The van der Waals surface area contributed by atoms with E-state index in [9.17, 15) is 4.79 Å². The van der Waals surface area contributed by atoms with E-state index in [4.69, 9.17) is 5.10 Å². The average molecular weight is 374 g/mol. The highest BCUT2D eigenvalue weighted by Gasteiger charge is 2.26. The molecule has 1 aliphatic rings. The number of benzene rings is 1. The molecule has 0 saturated carbocycles. The number of aromatic nitrogens is 2. The maximum atomic E-state index is 13.2. The van der Waals surface area contributed by atoms with Gasteiger partial charge in [-0.05, 0) is 50.8 Å². The van der Waals surface area contributed by atoms with Crippen LogP contribution in [0.5, 0.6) is 0 Å². The smallest absolute Gasteiger partial charge is 0.249 e. The summed E-state index contributed by atoms with van der Waals surface area (Å²) >= 11 is 0. The van der Waals surface area contributed by atoms with E-state index >= 15 is 0 Å². The first-order valence-electron chi connectivity index (χ1n) is 10.2. The van der Waals surface area contributed by atoms with Gasteiger partial charge in [0.1, 0.15) is 5.69 Å². The van der Waals surface area contributed by atoms with Crippen molar-refractivity contribution in [3.8, 4) is 11.3 Å². The van der Waals surface area contributed by atoms with Gasteiger partial charge in [0.15, 0.2) is 0 Å². The maximum Gasteiger partial charge on any atom is 0.249 e. The number of fused-ring (bicyclic) bond motifs is 1. The van der Waals surface area contributed by atoms with Crippen LogP contribution in [0.15, 0.2) is 60.3 Å². The minimum absolute atomic E-state index is 0.154. The molecule has 144 valence electrons. The summed E-state index contributed by atoms with van der Waals surface area (Å²) in [5.74, 6) is 0.154. The highest BCUT2D eigenvalue weighted by Crippen LogP contribution is 2.29. The summed E-state index contributed by atoms with van der Waals surface area (Å²) in [6.07, 6.45) is 8.42. The Morgan fingerprint density at radius 2 is 1.93 bits per heavy atom. The number of likely N-dealkylation sites (tertiary alicyclic amines) is 1. The molecule has 0 radical (unpaired) electrons. The van der Waals surface area contributed by atoms with Gasteiger partial charge in [0, 0.05) is 35.5 Å². The van der Waals surface area contributed by atoms with Crippen molar-refractivity contribution >= 4 is 17.5 Å². The quantitative estimate of drug-likeness (QED) is 0.590. The molecule has 4 rings (SSSR count). The Morgan fingerprint density at radius 1 is 1.14 bits per heavy atom. The Morgan fingerprint density at radius 3 is 2.71 bits per heavy atom. The summed E-state index contributed by atoms with van der Waals surface area (Å²) in [5.41, 5.74) is 4.75. The maximum absolute atomic E-state index is 13.2. The molecule has 3 aromatic rings. The first-order chi connectivity index (χ1) is 13.7. The molecule has 0 aliphatic carbocycles. The third-order valence-electron chi connectivity index (χ3n) is 5.68. The van der Waals surface area contributed by atoms with Crippen LogP contribution in [0.4, 0.5) is 0 Å². The Bertz CT molecular complexity index is 1000. The second kappa shape index (κ2) is 8.01. The second-order valence-electron chi connectivity index (χ2n) is 7.54. The van der Waals surface area contributed by atoms with Gasteiger partial charge >= 0.3 is 0 Å². The molecule has 1 amide bonds. The fourth-order valence-corrected chi connectivity index (χ4v) is 4.17. The highest BCUT2D eigenvalue weighted by atomic mass is 16.2. The average Bonchev–Trinajstić information content (AvgIpc) is 3.12. The normalized spacial score (nSPS) is 17.9. The Labute approximate surface area is 166 Å². The molecule has 4 heteroatoms. The predicted octanol–water partition coefficient (Wildman–Crippen LogP) is 5.20. The van der Waals surface area contributed by atoms with Crippen molar-refractivity contribution in [2.24, 2.45) is 0 Å². The van der Waals surface area contributed by atoms with Crippen molar-refractivity contribution in [3.63, 3.8) is 0 Å². The van der Waals surface area contributed by atoms with E-state index in [0.717, 1.165) is 53.7 Å². The molecule has 1 fully saturated rings. The minimum Gasteiger partial charge on any atom is -0.336 e. The predicted molar refractivity (Wildman–Crippen MR) is 114 cm³/mol. The van der Waals surface area contributed by atoms with Crippen LogP contribution >= 0.6 is 0 Å². The molecular formula is C24H27N3O. The van der Waals surface area contributed by atoms with Crippen LogP contribution in [0, 0.1) is 0 Å². The number of nitrogens with zero attached hydrogens (tertiary/aromatic N) is 3. The second-order valence-corrected chi connectivity index (χ2v) is 7.54. The summed E-state index contributed by atoms with van der Waals surface area (Å²) < 4.78 is 1.89. The summed E-state index contributed by atoms with van der Waals surface area (Å²) in [4.78, 5) is 15.3. The van der Waals surface area contributed by atoms with Crippen molar-refractivity contribution in [3.05, 3.63) is 65.9 Å². The molecule has 3 heterocycles. The van der Waals surface area contributed by atoms with Gasteiger partial charge in [-0.1, -0.05) is 43.3 Å². The first-order valence-corrected chi connectivity index (χ1v) is 10.2. The van der Waals surface area contributed by atoms with Crippen molar-refractivity contribution < 1.29 is 4.79 Å². The van der Waals surface area contributed by atoms with Crippen molar-refractivity contribution in [2.75, 3.05) is 6.54 Å². The summed E-state index contributed by atoms with van der Waals surface area (Å²) in [6.45, 7) is 4.97. The summed E-state index contributed by atoms with van der Waals surface area (Å²) in [7, 11) is 0. The third kappa shape index (κ3) is 3.47. The highest BCUT2D eigenvalue weighted by molar-refractivity contribution is 6.00. The number of hydrogen-bond acceptors (Lipinski definition) is 2. The van der Waals surface area contributed by atoms with Gasteiger partial charge in [-0.3, -0.25) is 4.79 Å². The van der Waals surface area contributed by atoms with Crippen LogP contribution in [0.1, 0.15) is 45.1 Å². The molecule has 0 bridgehead atoms. The van der Waals surface area contributed by atoms with Crippen LogP contribution in [0.3, 0.4) is 0 Å². The van der Waals surface area contributed by atoms with E-state index in [1.165, 1.54) is 6.42 Å². The number of carbonyl (C=O) groups is 1. The topological polar surface area (TPSA) is 37.6 Å². The monoisotopic (exact) mass is 373 g/mol. The van der Waals surface area contributed by atoms with Crippen LogP contribution < -0.4 is 0 Å². The van der Waals surface area contributed by atoms with Gasteiger partial charge in [-0.2, -0.15) is 5.10 Å². The van der Waals surface area contributed by atoms with Gasteiger partial charge in [0.2, 0.25) is 5.91 Å². The molecule has 1 aromatic carbocycles. The van der Waals surface area contributed by atoms with Gasteiger partial charge in [0.05, 0.1) is 5.52 Å². The number of rotatable bonds is 4. The molecule has 1 saturated heterocycles. The van der Waals surface area contributed by atoms with Gasteiger partial charge in [0.25, 0.3) is 0 Å². The van der Waals surface area contributed by atoms with E-state index in [0.29, 0.717) is 6.04 Å². The third-order valence-corrected chi connectivity index (χ3v) is 5.68. The molecule has 1 atom stereocenters.